The van der Waals surface area contributed by atoms with E-state index in [2.05, 4.69) is 40.4 Å². The van der Waals surface area contributed by atoms with Crippen LogP contribution in [-0.2, 0) is 23.9 Å². The van der Waals surface area contributed by atoms with E-state index in [0.717, 1.165) is 6.42 Å². The van der Waals surface area contributed by atoms with Crippen LogP contribution in [0.2, 0.25) is 0 Å². The summed E-state index contributed by atoms with van der Waals surface area (Å²) in [6.07, 6.45) is -1.11. The molecule has 5 atom stereocenters. The molecule has 0 saturated heterocycles. The van der Waals surface area contributed by atoms with Crippen LogP contribution in [0.4, 0.5) is 4.79 Å². The molecule has 0 rings (SSSR count). The number of ether oxygens (including phenoxy) is 1. The van der Waals surface area contributed by atoms with Crippen LogP contribution in [0, 0.1) is 23.7 Å². The second kappa shape index (κ2) is 18.7. The van der Waals surface area contributed by atoms with E-state index in [1.165, 1.54) is 0 Å². The first-order valence-corrected chi connectivity index (χ1v) is 15.5. The van der Waals surface area contributed by atoms with Gasteiger partial charge in [0.1, 0.15) is 23.7 Å². The van der Waals surface area contributed by atoms with E-state index >= 15 is 0 Å². The van der Waals surface area contributed by atoms with Gasteiger partial charge in [-0.25, -0.2) is 4.79 Å². The lowest BCUT2D eigenvalue weighted by Gasteiger charge is -2.31. The highest BCUT2D eigenvalue weighted by Crippen LogP contribution is 2.14. The van der Waals surface area contributed by atoms with Crippen molar-refractivity contribution in [2.75, 3.05) is 6.54 Å². The summed E-state index contributed by atoms with van der Waals surface area (Å²) < 4.78 is 5.29. The van der Waals surface area contributed by atoms with Crippen LogP contribution in [0.5, 0.6) is 0 Å². The topological polar surface area (TPSA) is 175 Å². The number of aliphatic hydroxyl groups is 1. The zero-order valence-corrected chi connectivity index (χ0v) is 28.4. The van der Waals surface area contributed by atoms with Gasteiger partial charge in [-0.3, -0.25) is 19.2 Å². The second-order valence-corrected chi connectivity index (χ2v) is 13.9. The third-order valence-electron chi connectivity index (χ3n) is 6.57. The zero-order valence-electron chi connectivity index (χ0n) is 28.4. The molecule has 0 aliphatic rings. The minimum Gasteiger partial charge on any atom is -0.444 e. The Hall–Kier alpha value is -2.89. The molecule has 12 nitrogen and oxygen atoms in total. The van der Waals surface area contributed by atoms with Crippen molar-refractivity contribution in [1.29, 1.82) is 0 Å². The number of carbonyl (C=O) groups excluding carboxylic acids is 5. The van der Waals surface area contributed by atoms with Crippen molar-refractivity contribution in [2.24, 2.45) is 23.7 Å². The molecule has 5 amide bonds. The Morgan fingerprint density at radius 2 is 1.21 bits per heavy atom. The largest absolute Gasteiger partial charge is 0.444 e. The molecular weight excluding hydrogens is 554 g/mol. The monoisotopic (exact) mass is 613 g/mol. The van der Waals surface area contributed by atoms with Crippen LogP contribution in [0.25, 0.3) is 0 Å². The van der Waals surface area contributed by atoms with Gasteiger partial charge >= 0.3 is 6.09 Å². The van der Waals surface area contributed by atoms with Crippen LogP contribution in [0.15, 0.2) is 0 Å². The van der Waals surface area contributed by atoms with Crippen LogP contribution < -0.4 is 26.6 Å². The van der Waals surface area contributed by atoms with E-state index < -0.39 is 59.7 Å². The van der Waals surface area contributed by atoms with Gasteiger partial charge < -0.3 is 36.4 Å². The molecule has 0 heterocycles. The van der Waals surface area contributed by atoms with Gasteiger partial charge in [-0.15, -0.1) is 0 Å². The average molecular weight is 614 g/mol. The molecule has 0 saturated carbocycles. The molecule has 0 bridgehead atoms. The molecule has 0 spiro atoms. The van der Waals surface area contributed by atoms with E-state index in [1.54, 1.807) is 55.4 Å². The molecule has 250 valence electrons. The highest BCUT2D eigenvalue weighted by Gasteiger charge is 2.34. The second-order valence-electron chi connectivity index (χ2n) is 13.9. The van der Waals surface area contributed by atoms with E-state index in [-0.39, 0.29) is 30.1 Å². The zero-order chi connectivity index (χ0) is 33.7. The molecule has 0 aromatic heterocycles. The molecule has 6 N–H and O–H groups in total. The molecule has 43 heavy (non-hydrogen) atoms. The molecule has 0 unspecified atom stereocenters. The summed E-state index contributed by atoms with van der Waals surface area (Å²) in [6, 6.07) is -3.49. The van der Waals surface area contributed by atoms with Gasteiger partial charge in [-0.1, -0.05) is 55.4 Å². The Balaban J connectivity index is 5.47. The van der Waals surface area contributed by atoms with Crippen LogP contribution >= 0.6 is 0 Å². The lowest BCUT2D eigenvalue weighted by Crippen LogP contribution is -2.59. The van der Waals surface area contributed by atoms with Crippen molar-refractivity contribution in [3.05, 3.63) is 0 Å². The van der Waals surface area contributed by atoms with Crippen molar-refractivity contribution < 1.29 is 33.8 Å². The lowest BCUT2D eigenvalue weighted by molar-refractivity contribution is -0.133. The van der Waals surface area contributed by atoms with Gasteiger partial charge in [0.05, 0.1) is 18.6 Å². The average Bonchev–Trinajstić information content (AvgIpc) is 2.82. The SMILES string of the molecule is CC(C)CCNC(=O)[C@H](C)NC(=O)C[C@H](O)[C@H](CC(C)C)NC(=O)[C@@H](NC(=O)[C@H](NC(=O)OC(C)(C)C)C(C)C)C(C)C. The number of amides is 5. The van der Waals surface area contributed by atoms with Crippen molar-refractivity contribution in [2.45, 2.75) is 138 Å². The Morgan fingerprint density at radius 1 is 0.698 bits per heavy atom. The summed E-state index contributed by atoms with van der Waals surface area (Å²) in [5.74, 6) is -2.02. The minimum atomic E-state index is -1.23. The Bertz CT molecular complexity index is 915. The Kier molecular flexibility index (Phi) is 17.4. The summed E-state index contributed by atoms with van der Waals surface area (Å²) in [7, 11) is 0. The Labute approximate surface area is 258 Å². The van der Waals surface area contributed by atoms with Crippen LogP contribution in [0.3, 0.4) is 0 Å². The number of rotatable bonds is 17. The van der Waals surface area contributed by atoms with E-state index in [0.29, 0.717) is 18.9 Å². The standard InChI is InChI=1S/C31H59N5O7/c1-17(2)13-14-32-27(39)21(9)33-24(38)16-23(37)22(15-18(3)4)34-28(40)25(19(5)6)35-29(41)26(20(7)8)36-30(42)43-31(10,11)12/h17-23,25-26,37H,13-16H2,1-12H3,(H,32,39)(H,33,38)(H,34,40)(H,35,41)(H,36,42)/t21-,22-,23-,25-,26+/m0/s1. The lowest BCUT2D eigenvalue weighted by atomic mass is 9.95. The summed E-state index contributed by atoms with van der Waals surface area (Å²) in [5.41, 5.74) is -0.747. The van der Waals surface area contributed by atoms with Gasteiger partial charge in [-0.2, -0.15) is 0 Å². The predicted molar refractivity (Wildman–Crippen MR) is 167 cm³/mol. The predicted octanol–water partition coefficient (Wildman–Crippen LogP) is 2.63. The van der Waals surface area contributed by atoms with Gasteiger partial charge in [0.15, 0.2) is 0 Å². The van der Waals surface area contributed by atoms with E-state index in [1.807, 2.05) is 13.8 Å². The maximum atomic E-state index is 13.4. The molecule has 0 fully saturated rings. The molecule has 0 aromatic carbocycles. The summed E-state index contributed by atoms with van der Waals surface area (Å²) >= 11 is 0. The van der Waals surface area contributed by atoms with Gasteiger partial charge in [0.25, 0.3) is 0 Å². The highest BCUT2D eigenvalue weighted by molar-refractivity contribution is 5.92. The van der Waals surface area contributed by atoms with Crippen LogP contribution in [-0.4, -0.2) is 77.2 Å². The number of aliphatic hydroxyl groups excluding tert-OH is 1. The third-order valence-corrected chi connectivity index (χ3v) is 6.57. The molecule has 0 aliphatic carbocycles. The molecule has 0 aliphatic heterocycles. The van der Waals surface area contributed by atoms with Gasteiger partial charge in [0.2, 0.25) is 23.6 Å². The maximum absolute atomic E-state index is 13.4. The van der Waals surface area contributed by atoms with E-state index in [4.69, 9.17) is 4.74 Å². The minimum absolute atomic E-state index is 0.0733. The summed E-state index contributed by atoms with van der Waals surface area (Å²) in [5, 5.41) is 24.5. The van der Waals surface area contributed by atoms with E-state index in [9.17, 15) is 29.1 Å². The molecule has 12 heteroatoms. The van der Waals surface area contributed by atoms with Crippen molar-refractivity contribution in [3.8, 4) is 0 Å². The fourth-order valence-electron chi connectivity index (χ4n) is 4.18. The quantitative estimate of drug-likeness (QED) is 0.146. The van der Waals surface area contributed by atoms with Crippen LogP contribution in [0.1, 0.15) is 102 Å². The normalized spacial score (nSPS) is 15.4. The number of alkyl carbamates (subject to hydrolysis) is 1. The molecular formula is C31H59N5O7. The number of hydrogen-bond donors (Lipinski definition) is 6. The third kappa shape index (κ3) is 17.1. The summed E-state index contributed by atoms with van der Waals surface area (Å²) in [6.45, 7) is 22.2. The summed E-state index contributed by atoms with van der Waals surface area (Å²) in [4.78, 5) is 63.9. The highest BCUT2D eigenvalue weighted by atomic mass is 16.6. The number of carbonyl (C=O) groups is 5. The van der Waals surface area contributed by atoms with Crippen molar-refractivity contribution in [1.82, 2.24) is 26.6 Å². The number of nitrogens with one attached hydrogen (secondary N) is 5. The maximum Gasteiger partial charge on any atom is 0.408 e. The Morgan fingerprint density at radius 3 is 1.67 bits per heavy atom. The smallest absolute Gasteiger partial charge is 0.408 e. The fourth-order valence-corrected chi connectivity index (χ4v) is 4.18. The first-order chi connectivity index (χ1) is 19.6. The molecule has 0 aromatic rings. The van der Waals surface area contributed by atoms with Crippen molar-refractivity contribution >= 4 is 29.7 Å². The fraction of sp³-hybridized carbons (Fsp3) is 0.839. The van der Waals surface area contributed by atoms with Crippen molar-refractivity contribution in [3.63, 3.8) is 0 Å². The first-order valence-electron chi connectivity index (χ1n) is 15.5. The molecule has 0 radical (unpaired) electrons. The van der Waals surface area contributed by atoms with Gasteiger partial charge in [-0.05, 0) is 64.2 Å². The number of hydrogen-bond acceptors (Lipinski definition) is 7. The van der Waals surface area contributed by atoms with Gasteiger partial charge in [0, 0.05) is 6.54 Å². The first kappa shape index (κ1) is 40.1.